The number of hydrogen-bond acceptors (Lipinski definition) is 6. The fourth-order valence-electron chi connectivity index (χ4n) is 8.37. The molecule has 394 valence electrons. The van der Waals surface area contributed by atoms with E-state index in [2.05, 4.69) is 81.5 Å². The van der Waals surface area contributed by atoms with E-state index in [4.69, 9.17) is 14.2 Å². The summed E-state index contributed by atoms with van der Waals surface area (Å²) in [5, 5.41) is 0. The van der Waals surface area contributed by atoms with Gasteiger partial charge in [-0.25, -0.2) is 0 Å². The van der Waals surface area contributed by atoms with E-state index in [1.807, 2.05) is 0 Å². The highest BCUT2D eigenvalue weighted by atomic mass is 16.6. The van der Waals surface area contributed by atoms with Gasteiger partial charge in [-0.2, -0.15) is 0 Å². The van der Waals surface area contributed by atoms with Gasteiger partial charge in [-0.1, -0.05) is 255 Å². The molecule has 0 spiro atoms. The molecule has 1 atom stereocenters. The molecule has 6 nitrogen and oxygen atoms in total. The third kappa shape index (κ3) is 54.1. The van der Waals surface area contributed by atoms with Crippen LogP contribution in [-0.2, 0) is 28.6 Å². The maximum absolute atomic E-state index is 12.8. The van der Waals surface area contributed by atoms with E-state index in [0.717, 1.165) is 96.3 Å². The van der Waals surface area contributed by atoms with Crippen molar-refractivity contribution in [1.82, 2.24) is 0 Å². The van der Waals surface area contributed by atoms with E-state index in [1.165, 1.54) is 161 Å². The van der Waals surface area contributed by atoms with Crippen LogP contribution in [0.2, 0.25) is 0 Å². The molecular formula is C62H110O6. The second kappa shape index (κ2) is 56.7. The third-order valence-electron chi connectivity index (χ3n) is 12.8. The molecule has 0 aromatic rings. The Morgan fingerprint density at radius 1 is 0.309 bits per heavy atom. The number of allylic oxidation sites excluding steroid dienone is 10. The highest BCUT2D eigenvalue weighted by molar-refractivity contribution is 5.71. The minimum atomic E-state index is -0.776. The first-order valence-corrected chi connectivity index (χ1v) is 29.3. The van der Waals surface area contributed by atoms with Crippen molar-refractivity contribution in [3.63, 3.8) is 0 Å². The van der Waals surface area contributed by atoms with Gasteiger partial charge in [0.15, 0.2) is 6.10 Å². The number of rotatable bonds is 53. The lowest BCUT2D eigenvalue weighted by atomic mass is 10.0. The van der Waals surface area contributed by atoms with Crippen LogP contribution in [0.25, 0.3) is 0 Å². The van der Waals surface area contributed by atoms with Crippen molar-refractivity contribution in [2.75, 3.05) is 13.2 Å². The van der Waals surface area contributed by atoms with Crippen molar-refractivity contribution in [3.05, 3.63) is 60.8 Å². The van der Waals surface area contributed by atoms with Gasteiger partial charge in [-0.15, -0.1) is 0 Å². The molecule has 0 amide bonds. The number of carbonyl (C=O) groups excluding carboxylic acids is 3. The third-order valence-corrected chi connectivity index (χ3v) is 12.8. The normalized spacial score (nSPS) is 12.5. The van der Waals surface area contributed by atoms with Gasteiger partial charge < -0.3 is 14.2 Å². The molecule has 0 aliphatic heterocycles. The lowest BCUT2D eigenvalue weighted by Crippen LogP contribution is -2.30. The number of ether oxygens (including phenoxy) is 3. The molecule has 0 aliphatic carbocycles. The second-order valence-corrected chi connectivity index (χ2v) is 19.5. The molecule has 0 N–H and O–H groups in total. The Balaban J connectivity index is 4.24. The summed E-state index contributed by atoms with van der Waals surface area (Å²) >= 11 is 0. The van der Waals surface area contributed by atoms with E-state index >= 15 is 0 Å². The summed E-state index contributed by atoms with van der Waals surface area (Å²) in [5.74, 6) is -0.874. The van der Waals surface area contributed by atoms with E-state index in [1.54, 1.807) is 0 Å². The minimum absolute atomic E-state index is 0.0745. The summed E-state index contributed by atoms with van der Waals surface area (Å²) in [4.78, 5) is 38.1. The average Bonchev–Trinajstić information content (AvgIpc) is 3.34. The SMILES string of the molecule is CC/C=C\C/C=C\C/C=C\C/C=C\CCCCCCCCCCCCCCC(=O)OCC(COC(=O)CCCCCCCCCCCCCC)OC(=O)CCCCCCC/C=C\CCCCCC. The molecule has 0 radical (unpaired) electrons. The van der Waals surface area contributed by atoms with Gasteiger partial charge in [-0.05, 0) is 83.5 Å². The van der Waals surface area contributed by atoms with Crippen molar-refractivity contribution < 1.29 is 28.6 Å². The highest BCUT2D eigenvalue weighted by Gasteiger charge is 2.19. The van der Waals surface area contributed by atoms with E-state index < -0.39 is 6.10 Å². The fourth-order valence-corrected chi connectivity index (χ4v) is 8.37. The molecule has 0 rings (SSSR count). The predicted octanol–water partition coefficient (Wildman–Crippen LogP) is 19.6. The Kier molecular flexibility index (Phi) is 54.3. The lowest BCUT2D eigenvalue weighted by molar-refractivity contribution is -0.167. The Bertz CT molecular complexity index is 1230. The van der Waals surface area contributed by atoms with Crippen LogP contribution in [-0.4, -0.2) is 37.2 Å². The summed E-state index contributed by atoms with van der Waals surface area (Å²) in [7, 11) is 0. The Morgan fingerprint density at radius 3 is 0.926 bits per heavy atom. The molecule has 0 aromatic carbocycles. The number of unbranched alkanes of at least 4 members (excludes halogenated alkanes) is 32. The maximum Gasteiger partial charge on any atom is 0.306 e. The fraction of sp³-hybridized carbons (Fsp3) is 0.790. The summed E-state index contributed by atoms with van der Waals surface area (Å²) < 4.78 is 16.9. The van der Waals surface area contributed by atoms with Crippen LogP contribution < -0.4 is 0 Å². The summed E-state index contributed by atoms with van der Waals surface area (Å²) in [6, 6.07) is 0. The first-order valence-electron chi connectivity index (χ1n) is 29.3. The zero-order valence-corrected chi connectivity index (χ0v) is 45.1. The van der Waals surface area contributed by atoms with E-state index in [0.29, 0.717) is 19.3 Å². The van der Waals surface area contributed by atoms with Crippen molar-refractivity contribution in [2.45, 2.75) is 303 Å². The standard InChI is InChI=1S/C62H110O6/c1-4-7-10-13-16-19-22-25-26-27-28-29-30-31-32-33-34-35-36-38-40-43-46-49-52-55-61(64)67-58-59(57-66-60(63)54-51-48-45-42-39-24-21-18-15-12-9-6-3)68-62(65)56-53-50-47-44-41-37-23-20-17-14-11-8-5-2/h7,10,16,19-20,23,25-26,28-29,59H,4-6,8-9,11-15,17-18,21-22,24,27,30-58H2,1-3H3/b10-7-,19-16-,23-20-,26-25-,29-28-. The van der Waals surface area contributed by atoms with Crippen LogP contribution >= 0.6 is 0 Å². The quantitative estimate of drug-likeness (QED) is 0.0262. The second-order valence-electron chi connectivity index (χ2n) is 19.5. The summed E-state index contributed by atoms with van der Waals surface area (Å²) in [6.45, 7) is 6.53. The monoisotopic (exact) mass is 951 g/mol. The first kappa shape index (κ1) is 65.1. The maximum atomic E-state index is 12.8. The van der Waals surface area contributed by atoms with Crippen LogP contribution in [0, 0.1) is 0 Å². The predicted molar refractivity (Wildman–Crippen MR) is 293 cm³/mol. The van der Waals surface area contributed by atoms with Gasteiger partial charge in [-0.3, -0.25) is 14.4 Å². The highest BCUT2D eigenvalue weighted by Crippen LogP contribution is 2.16. The molecule has 0 aromatic heterocycles. The topological polar surface area (TPSA) is 78.9 Å². The van der Waals surface area contributed by atoms with Gasteiger partial charge in [0.05, 0.1) is 0 Å². The molecule has 0 saturated heterocycles. The van der Waals surface area contributed by atoms with Crippen LogP contribution in [0.15, 0.2) is 60.8 Å². The van der Waals surface area contributed by atoms with Gasteiger partial charge >= 0.3 is 17.9 Å². The molecule has 0 bridgehead atoms. The first-order chi connectivity index (χ1) is 33.5. The number of hydrogen-bond donors (Lipinski definition) is 0. The van der Waals surface area contributed by atoms with Gasteiger partial charge in [0, 0.05) is 19.3 Å². The molecule has 0 fully saturated rings. The number of carbonyl (C=O) groups is 3. The summed E-state index contributed by atoms with van der Waals surface area (Å²) in [6.07, 6.45) is 70.7. The van der Waals surface area contributed by atoms with Crippen LogP contribution in [0.1, 0.15) is 297 Å². The molecule has 68 heavy (non-hydrogen) atoms. The van der Waals surface area contributed by atoms with Crippen LogP contribution in [0.4, 0.5) is 0 Å². The molecule has 1 unspecified atom stereocenters. The van der Waals surface area contributed by atoms with Gasteiger partial charge in [0.1, 0.15) is 13.2 Å². The molecule has 0 aliphatic rings. The Labute approximate surface area is 421 Å². The molecule has 0 heterocycles. The zero-order valence-electron chi connectivity index (χ0n) is 45.1. The van der Waals surface area contributed by atoms with Crippen LogP contribution in [0.5, 0.6) is 0 Å². The summed E-state index contributed by atoms with van der Waals surface area (Å²) in [5.41, 5.74) is 0. The molecule has 0 saturated carbocycles. The van der Waals surface area contributed by atoms with E-state index in [9.17, 15) is 14.4 Å². The van der Waals surface area contributed by atoms with Crippen molar-refractivity contribution in [2.24, 2.45) is 0 Å². The molecule has 6 heteroatoms. The van der Waals surface area contributed by atoms with E-state index in [-0.39, 0.29) is 31.1 Å². The Hall–Kier alpha value is -2.89. The van der Waals surface area contributed by atoms with Crippen LogP contribution in [0.3, 0.4) is 0 Å². The van der Waals surface area contributed by atoms with Gasteiger partial charge in [0.2, 0.25) is 0 Å². The van der Waals surface area contributed by atoms with Gasteiger partial charge in [0.25, 0.3) is 0 Å². The Morgan fingerprint density at radius 2 is 0.574 bits per heavy atom. The van der Waals surface area contributed by atoms with Crippen molar-refractivity contribution in [1.29, 1.82) is 0 Å². The molecular weight excluding hydrogens is 841 g/mol. The largest absolute Gasteiger partial charge is 0.462 e. The average molecular weight is 952 g/mol. The van der Waals surface area contributed by atoms with Crippen molar-refractivity contribution >= 4 is 17.9 Å². The zero-order chi connectivity index (χ0) is 49.3. The van der Waals surface area contributed by atoms with Crippen molar-refractivity contribution in [3.8, 4) is 0 Å². The number of esters is 3. The smallest absolute Gasteiger partial charge is 0.306 e. The minimum Gasteiger partial charge on any atom is -0.462 e. The lowest BCUT2D eigenvalue weighted by Gasteiger charge is -2.18.